The molecule has 1 fully saturated rings. The van der Waals surface area contributed by atoms with Crippen molar-refractivity contribution in [3.8, 4) is 0 Å². The molecule has 114 valence electrons. The summed E-state index contributed by atoms with van der Waals surface area (Å²) < 4.78 is 13.5. The monoisotopic (exact) mass is 292 g/mol. The highest BCUT2D eigenvalue weighted by atomic mass is 19.1. The van der Waals surface area contributed by atoms with Crippen molar-refractivity contribution in [2.45, 2.75) is 44.6 Å². The van der Waals surface area contributed by atoms with E-state index in [0.29, 0.717) is 18.4 Å². The highest BCUT2D eigenvalue weighted by Crippen LogP contribution is 2.45. The summed E-state index contributed by atoms with van der Waals surface area (Å²) in [5.41, 5.74) is 5.22. The summed E-state index contributed by atoms with van der Waals surface area (Å²) in [5.74, 6) is -1.02. The molecule has 1 saturated carbocycles. The topological polar surface area (TPSA) is 63.4 Å². The third kappa shape index (κ3) is 2.91. The van der Waals surface area contributed by atoms with Crippen LogP contribution < -0.4 is 5.73 Å². The molecule has 0 unspecified atom stereocenters. The van der Waals surface area contributed by atoms with E-state index < -0.39 is 11.3 Å². The van der Waals surface area contributed by atoms with E-state index in [9.17, 15) is 14.0 Å². The molecule has 5 heteroatoms. The Labute approximate surface area is 124 Å². The summed E-state index contributed by atoms with van der Waals surface area (Å²) >= 11 is 0. The number of benzene rings is 1. The van der Waals surface area contributed by atoms with E-state index in [4.69, 9.17) is 5.73 Å². The fraction of sp³-hybridized carbons (Fsp3) is 0.500. The first kappa shape index (κ1) is 15.5. The predicted molar refractivity (Wildman–Crippen MR) is 78.0 cm³/mol. The fourth-order valence-corrected chi connectivity index (χ4v) is 2.87. The van der Waals surface area contributed by atoms with E-state index in [1.165, 1.54) is 17.0 Å². The Morgan fingerprint density at radius 2 is 2.05 bits per heavy atom. The number of primary amides is 1. The fourth-order valence-electron chi connectivity index (χ4n) is 2.87. The van der Waals surface area contributed by atoms with Crippen molar-refractivity contribution >= 4 is 11.8 Å². The van der Waals surface area contributed by atoms with Gasteiger partial charge in [0.1, 0.15) is 5.82 Å². The summed E-state index contributed by atoms with van der Waals surface area (Å²) in [6.07, 6.45) is 2.28. The zero-order valence-corrected chi connectivity index (χ0v) is 12.4. The van der Waals surface area contributed by atoms with Gasteiger partial charge < -0.3 is 10.6 Å². The van der Waals surface area contributed by atoms with Gasteiger partial charge in [-0.1, -0.05) is 18.6 Å². The maximum Gasteiger partial charge on any atom is 0.237 e. The Morgan fingerprint density at radius 3 is 2.48 bits per heavy atom. The molecule has 0 radical (unpaired) electrons. The maximum atomic E-state index is 13.5. The number of rotatable bonds is 5. The van der Waals surface area contributed by atoms with Crippen LogP contribution in [0.25, 0.3) is 0 Å². The minimum atomic E-state index is -0.707. The molecule has 1 aromatic rings. The second kappa shape index (κ2) is 5.84. The van der Waals surface area contributed by atoms with Gasteiger partial charge in [-0.25, -0.2) is 4.39 Å². The summed E-state index contributed by atoms with van der Waals surface area (Å²) in [7, 11) is 0. The molecule has 0 atom stereocenters. The second-order valence-corrected chi connectivity index (χ2v) is 5.94. The quantitative estimate of drug-likeness (QED) is 0.902. The molecule has 2 rings (SSSR count). The van der Waals surface area contributed by atoms with Gasteiger partial charge in [0.15, 0.2) is 0 Å². The Bertz CT molecular complexity index is 553. The summed E-state index contributed by atoms with van der Waals surface area (Å²) in [6, 6.07) is 6.05. The van der Waals surface area contributed by atoms with Gasteiger partial charge in [-0.2, -0.15) is 0 Å². The van der Waals surface area contributed by atoms with E-state index in [1.807, 2.05) is 13.8 Å². The second-order valence-electron chi connectivity index (χ2n) is 5.94. The maximum absolute atomic E-state index is 13.5. The molecule has 0 aliphatic heterocycles. The molecular weight excluding hydrogens is 271 g/mol. The van der Waals surface area contributed by atoms with Gasteiger partial charge in [0.25, 0.3) is 0 Å². The van der Waals surface area contributed by atoms with Crippen molar-refractivity contribution in [2.24, 2.45) is 5.73 Å². The van der Waals surface area contributed by atoms with Crippen molar-refractivity contribution < 1.29 is 14.0 Å². The Hall–Kier alpha value is -1.91. The van der Waals surface area contributed by atoms with E-state index in [-0.39, 0.29) is 24.3 Å². The SMILES string of the molecule is CC(C)N(CC(N)=O)C(=O)C1(c2cccc(F)c2)CCC1. The Morgan fingerprint density at radius 1 is 1.38 bits per heavy atom. The van der Waals surface area contributed by atoms with Gasteiger partial charge in [-0.3, -0.25) is 9.59 Å². The van der Waals surface area contributed by atoms with Crippen LogP contribution in [0.3, 0.4) is 0 Å². The van der Waals surface area contributed by atoms with Gasteiger partial charge in [0, 0.05) is 6.04 Å². The smallest absolute Gasteiger partial charge is 0.237 e. The minimum Gasteiger partial charge on any atom is -0.368 e. The number of halogens is 1. The molecule has 0 spiro atoms. The molecular formula is C16H21FN2O2. The zero-order valence-electron chi connectivity index (χ0n) is 12.4. The van der Waals surface area contributed by atoms with Gasteiger partial charge in [-0.05, 0) is 44.4 Å². The lowest BCUT2D eigenvalue weighted by atomic mass is 9.63. The summed E-state index contributed by atoms with van der Waals surface area (Å²) in [6.45, 7) is 3.59. The van der Waals surface area contributed by atoms with Crippen LogP contribution in [0, 0.1) is 5.82 Å². The number of nitrogens with zero attached hydrogens (tertiary/aromatic N) is 1. The highest BCUT2D eigenvalue weighted by molar-refractivity contribution is 5.92. The average molecular weight is 292 g/mol. The van der Waals surface area contributed by atoms with E-state index >= 15 is 0 Å². The van der Waals surface area contributed by atoms with Crippen LogP contribution in [-0.2, 0) is 15.0 Å². The molecule has 1 aliphatic rings. The van der Waals surface area contributed by atoms with Gasteiger partial charge in [-0.15, -0.1) is 0 Å². The van der Waals surface area contributed by atoms with Crippen LogP contribution in [0.1, 0.15) is 38.7 Å². The van der Waals surface area contributed by atoms with E-state index in [0.717, 1.165) is 6.42 Å². The van der Waals surface area contributed by atoms with Crippen molar-refractivity contribution in [3.05, 3.63) is 35.6 Å². The molecule has 0 saturated heterocycles. The molecule has 1 aliphatic carbocycles. The van der Waals surface area contributed by atoms with Crippen molar-refractivity contribution in [2.75, 3.05) is 6.54 Å². The molecule has 0 bridgehead atoms. The lowest BCUT2D eigenvalue weighted by molar-refractivity contribution is -0.145. The molecule has 0 aromatic heterocycles. The van der Waals surface area contributed by atoms with Gasteiger partial charge in [0.2, 0.25) is 11.8 Å². The lowest BCUT2D eigenvalue weighted by Gasteiger charge is -2.44. The first-order valence-electron chi connectivity index (χ1n) is 7.22. The number of nitrogens with two attached hydrogens (primary N) is 1. The Balaban J connectivity index is 2.35. The third-order valence-corrected chi connectivity index (χ3v) is 4.20. The first-order valence-corrected chi connectivity index (χ1v) is 7.22. The number of amides is 2. The average Bonchev–Trinajstić information content (AvgIpc) is 2.34. The van der Waals surface area contributed by atoms with Crippen LogP contribution >= 0.6 is 0 Å². The van der Waals surface area contributed by atoms with Crippen LogP contribution in [0.4, 0.5) is 4.39 Å². The normalized spacial score (nSPS) is 16.4. The number of carbonyl (C=O) groups excluding carboxylic acids is 2. The predicted octanol–water partition coefficient (Wildman–Crippen LogP) is 1.97. The summed E-state index contributed by atoms with van der Waals surface area (Å²) in [5, 5.41) is 0. The summed E-state index contributed by atoms with van der Waals surface area (Å²) in [4.78, 5) is 25.6. The zero-order chi connectivity index (χ0) is 15.6. The molecule has 21 heavy (non-hydrogen) atoms. The largest absolute Gasteiger partial charge is 0.368 e. The van der Waals surface area contributed by atoms with Crippen LogP contribution in [0.15, 0.2) is 24.3 Å². The van der Waals surface area contributed by atoms with Crippen LogP contribution in [0.5, 0.6) is 0 Å². The number of hydrogen-bond donors (Lipinski definition) is 1. The molecule has 1 aromatic carbocycles. The van der Waals surface area contributed by atoms with Gasteiger partial charge in [0.05, 0.1) is 12.0 Å². The van der Waals surface area contributed by atoms with Crippen molar-refractivity contribution in [1.82, 2.24) is 4.90 Å². The van der Waals surface area contributed by atoms with Crippen LogP contribution in [-0.4, -0.2) is 29.3 Å². The highest BCUT2D eigenvalue weighted by Gasteiger charge is 2.48. The minimum absolute atomic E-state index is 0.104. The van der Waals surface area contributed by atoms with Crippen molar-refractivity contribution in [1.29, 1.82) is 0 Å². The van der Waals surface area contributed by atoms with Crippen LogP contribution in [0.2, 0.25) is 0 Å². The van der Waals surface area contributed by atoms with Crippen molar-refractivity contribution in [3.63, 3.8) is 0 Å². The number of hydrogen-bond acceptors (Lipinski definition) is 2. The lowest BCUT2D eigenvalue weighted by Crippen LogP contribution is -2.55. The van der Waals surface area contributed by atoms with E-state index in [1.54, 1.807) is 12.1 Å². The van der Waals surface area contributed by atoms with Gasteiger partial charge >= 0.3 is 0 Å². The Kier molecular flexibility index (Phi) is 4.30. The standard InChI is InChI=1S/C16H21FN2O2/c1-11(2)19(10-14(18)20)15(21)16(7-4-8-16)12-5-3-6-13(17)9-12/h3,5-6,9,11H,4,7-8,10H2,1-2H3,(H2,18,20). The third-order valence-electron chi connectivity index (χ3n) is 4.20. The first-order chi connectivity index (χ1) is 9.86. The molecule has 4 nitrogen and oxygen atoms in total. The number of carbonyl (C=O) groups is 2. The van der Waals surface area contributed by atoms with E-state index in [2.05, 4.69) is 0 Å². The molecule has 0 heterocycles. The molecule has 2 amide bonds. The molecule has 2 N–H and O–H groups in total.